The van der Waals surface area contributed by atoms with Crippen molar-refractivity contribution < 1.29 is 4.79 Å². The number of anilines is 1. The Morgan fingerprint density at radius 2 is 1.95 bits per heavy atom. The fourth-order valence-electron chi connectivity index (χ4n) is 2.79. The van der Waals surface area contributed by atoms with Crippen LogP contribution in [0.5, 0.6) is 0 Å². The fourth-order valence-corrected chi connectivity index (χ4v) is 2.79. The molecule has 1 aromatic carbocycles. The lowest BCUT2D eigenvalue weighted by Crippen LogP contribution is -2.35. The third kappa shape index (κ3) is 3.62. The van der Waals surface area contributed by atoms with Gasteiger partial charge in [-0.05, 0) is 61.9 Å². The molecule has 3 rings (SSSR count). The van der Waals surface area contributed by atoms with Crippen molar-refractivity contribution in [2.75, 3.05) is 11.9 Å². The summed E-state index contributed by atoms with van der Waals surface area (Å²) in [5.41, 5.74) is 3.80. The highest BCUT2D eigenvalue weighted by Gasteiger charge is 2.22. The van der Waals surface area contributed by atoms with Gasteiger partial charge in [0.2, 0.25) is 5.91 Å². The number of amides is 1. The van der Waals surface area contributed by atoms with Crippen LogP contribution in [-0.4, -0.2) is 18.5 Å². The average molecular weight is 303 g/mol. The molecule has 2 aliphatic rings. The number of carbonyl (C=O) groups is 1. The molecule has 1 aliphatic heterocycles. The molecular weight excluding hydrogens is 283 g/mol. The van der Waals surface area contributed by atoms with Gasteiger partial charge < -0.3 is 10.6 Å². The lowest BCUT2D eigenvalue weighted by molar-refractivity contribution is -0.117. The van der Waals surface area contributed by atoms with E-state index in [4.69, 9.17) is 0 Å². The molecular formula is C14H20Cl2N2O. The van der Waals surface area contributed by atoms with Gasteiger partial charge in [-0.15, -0.1) is 24.8 Å². The number of halogens is 2. The molecule has 1 saturated heterocycles. The van der Waals surface area contributed by atoms with E-state index in [2.05, 4.69) is 22.8 Å². The molecule has 1 heterocycles. The lowest BCUT2D eigenvalue weighted by Gasteiger charge is -2.12. The van der Waals surface area contributed by atoms with Crippen molar-refractivity contribution in [3.05, 3.63) is 29.3 Å². The molecule has 1 unspecified atom stereocenters. The summed E-state index contributed by atoms with van der Waals surface area (Å²) in [5.74, 6) is 0.112. The molecule has 0 aromatic heterocycles. The van der Waals surface area contributed by atoms with Crippen LogP contribution < -0.4 is 10.6 Å². The third-order valence-electron chi connectivity index (χ3n) is 3.74. The molecule has 0 radical (unpaired) electrons. The number of rotatable bonds is 2. The molecule has 5 heteroatoms. The first-order chi connectivity index (χ1) is 8.33. The second-order valence-corrected chi connectivity index (χ2v) is 4.98. The number of aryl methyl sites for hydroxylation is 2. The quantitative estimate of drug-likeness (QED) is 0.882. The van der Waals surface area contributed by atoms with Crippen LogP contribution in [0.25, 0.3) is 0 Å². The smallest absolute Gasteiger partial charge is 0.241 e. The molecule has 2 N–H and O–H groups in total. The third-order valence-corrected chi connectivity index (χ3v) is 3.74. The van der Waals surface area contributed by atoms with Crippen molar-refractivity contribution in [1.82, 2.24) is 5.32 Å². The second-order valence-electron chi connectivity index (χ2n) is 4.98. The van der Waals surface area contributed by atoms with Crippen LogP contribution in [0.3, 0.4) is 0 Å². The minimum atomic E-state index is 0. The summed E-state index contributed by atoms with van der Waals surface area (Å²) < 4.78 is 0. The van der Waals surface area contributed by atoms with Crippen LogP contribution in [0.4, 0.5) is 5.69 Å². The molecule has 1 fully saturated rings. The van der Waals surface area contributed by atoms with E-state index < -0.39 is 0 Å². The lowest BCUT2D eigenvalue weighted by atomic mass is 10.1. The summed E-state index contributed by atoms with van der Waals surface area (Å²) in [6, 6.07) is 6.31. The van der Waals surface area contributed by atoms with Crippen molar-refractivity contribution in [3.8, 4) is 0 Å². The fraction of sp³-hybridized carbons (Fsp3) is 0.500. The van der Waals surface area contributed by atoms with Gasteiger partial charge in [0.1, 0.15) is 0 Å². The highest BCUT2D eigenvalue weighted by atomic mass is 35.5. The summed E-state index contributed by atoms with van der Waals surface area (Å²) in [5, 5.41) is 6.23. The Morgan fingerprint density at radius 3 is 2.68 bits per heavy atom. The van der Waals surface area contributed by atoms with E-state index in [1.54, 1.807) is 0 Å². The zero-order valence-corrected chi connectivity index (χ0v) is 12.4. The van der Waals surface area contributed by atoms with Gasteiger partial charge in [0.25, 0.3) is 0 Å². The maximum absolute atomic E-state index is 11.9. The number of hydrogen-bond donors (Lipinski definition) is 2. The molecule has 0 saturated carbocycles. The molecule has 1 aliphatic carbocycles. The van der Waals surface area contributed by atoms with Gasteiger partial charge >= 0.3 is 0 Å². The summed E-state index contributed by atoms with van der Waals surface area (Å²) in [7, 11) is 0. The molecule has 106 valence electrons. The Kier molecular flexibility index (Phi) is 6.11. The van der Waals surface area contributed by atoms with Crippen LogP contribution >= 0.6 is 24.8 Å². The van der Waals surface area contributed by atoms with Crippen molar-refractivity contribution in [2.45, 2.75) is 38.1 Å². The van der Waals surface area contributed by atoms with Crippen molar-refractivity contribution >= 4 is 36.4 Å². The van der Waals surface area contributed by atoms with Gasteiger partial charge in [-0.3, -0.25) is 4.79 Å². The second kappa shape index (κ2) is 7.13. The predicted molar refractivity (Wildman–Crippen MR) is 82.6 cm³/mol. The van der Waals surface area contributed by atoms with E-state index in [0.717, 1.165) is 31.5 Å². The Labute approximate surface area is 126 Å². The first-order valence-corrected chi connectivity index (χ1v) is 6.49. The number of carbonyl (C=O) groups excluding carboxylic acids is 1. The van der Waals surface area contributed by atoms with E-state index in [9.17, 15) is 4.79 Å². The predicted octanol–water partition coefficient (Wildman–Crippen LogP) is 2.71. The van der Waals surface area contributed by atoms with E-state index in [1.807, 2.05) is 6.07 Å². The standard InChI is InChI=1S/C14H18N2O.2ClH/c17-14(13-5-2-8-15-13)16-12-7-6-10-3-1-4-11(10)9-12;;/h6-7,9,13,15H,1-5,8H2,(H,16,17);2*1H. The van der Waals surface area contributed by atoms with Crippen molar-refractivity contribution in [1.29, 1.82) is 0 Å². The van der Waals surface area contributed by atoms with Crippen LogP contribution in [-0.2, 0) is 17.6 Å². The molecule has 0 spiro atoms. The van der Waals surface area contributed by atoms with Crippen molar-refractivity contribution in [2.24, 2.45) is 0 Å². The van der Waals surface area contributed by atoms with Gasteiger partial charge in [0.05, 0.1) is 6.04 Å². The van der Waals surface area contributed by atoms with Crippen LogP contribution in [0.2, 0.25) is 0 Å². The van der Waals surface area contributed by atoms with E-state index in [1.165, 1.54) is 24.0 Å². The average Bonchev–Trinajstić information content (AvgIpc) is 2.99. The number of nitrogens with one attached hydrogen (secondary N) is 2. The highest BCUT2D eigenvalue weighted by molar-refractivity contribution is 5.95. The van der Waals surface area contributed by atoms with Crippen LogP contribution in [0, 0.1) is 0 Å². The summed E-state index contributed by atoms with van der Waals surface area (Å²) in [6.45, 7) is 0.961. The molecule has 1 atom stereocenters. The Hall–Kier alpha value is -0.770. The SMILES string of the molecule is Cl.Cl.O=C(Nc1ccc2c(c1)CCC2)C1CCCN1. The Bertz CT molecular complexity index is 445. The van der Waals surface area contributed by atoms with E-state index in [0.29, 0.717) is 0 Å². The van der Waals surface area contributed by atoms with Crippen molar-refractivity contribution in [3.63, 3.8) is 0 Å². The summed E-state index contributed by atoms with van der Waals surface area (Å²) in [4.78, 5) is 11.9. The Morgan fingerprint density at radius 1 is 1.16 bits per heavy atom. The molecule has 19 heavy (non-hydrogen) atoms. The number of fused-ring (bicyclic) bond motifs is 1. The van der Waals surface area contributed by atoms with Crippen LogP contribution in [0.15, 0.2) is 18.2 Å². The van der Waals surface area contributed by atoms with Crippen LogP contribution in [0.1, 0.15) is 30.4 Å². The maximum Gasteiger partial charge on any atom is 0.241 e. The summed E-state index contributed by atoms with van der Waals surface area (Å²) >= 11 is 0. The molecule has 1 aromatic rings. The largest absolute Gasteiger partial charge is 0.325 e. The van der Waals surface area contributed by atoms with Gasteiger partial charge in [-0.2, -0.15) is 0 Å². The zero-order chi connectivity index (χ0) is 11.7. The first-order valence-electron chi connectivity index (χ1n) is 6.49. The van der Waals surface area contributed by atoms with Gasteiger partial charge in [-0.25, -0.2) is 0 Å². The summed E-state index contributed by atoms with van der Waals surface area (Å²) in [6.07, 6.45) is 5.64. The maximum atomic E-state index is 11.9. The Balaban J connectivity index is 0.000000902. The minimum absolute atomic E-state index is 0. The van der Waals surface area contributed by atoms with Gasteiger partial charge in [0.15, 0.2) is 0 Å². The van der Waals surface area contributed by atoms with E-state index in [-0.39, 0.29) is 36.8 Å². The van der Waals surface area contributed by atoms with E-state index >= 15 is 0 Å². The van der Waals surface area contributed by atoms with Gasteiger partial charge in [-0.1, -0.05) is 6.07 Å². The zero-order valence-electron chi connectivity index (χ0n) is 10.8. The molecule has 0 bridgehead atoms. The normalized spacial score (nSPS) is 20.1. The van der Waals surface area contributed by atoms with Gasteiger partial charge in [0, 0.05) is 5.69 Å². The number of benzene rings is 1. The number of hydrogen-bond acceptors (Lipinski definition) is 2. The molecule has 3 nitrogen and oxygen atoms in total. The first kappa shape index (κ1) is 16.3. The monoisotopic (exact) mass is 302 g/mol. The molecule has 1 amide bonds. The topological polar surface area (TPSA) is 41.1 Å². The minimum Gasteiger partial charge on any atom is -0.325 e. The highest BCUT2D eigenvalue weighted by Crippen LogP contribution is 2.25.